The molecule has 0 bridgehead atoms. The fourth-order valence-electron chi connectivity index (χ4n) is 4.23. The Bertz CT molecular complexity index is 1680. The summed E-state index contributed by atoms with van der Waals surface area (Å²) in [5.41, 5.74) is -0.436. The number of H-pyrrole nitrogens is 1. The predicted octanol–water partition coefficient (Wildman–Crippen LogP) is 3.45. The molecule has 36 heavy (non-hydrogen) atoms. The number of nitrogens with one attached hydrogen (secondary N) is 2. The number of hydrogen-bond donors (Lipinski definition) is 2. The van der Waals surface area contributed by atoms with Crippen molar-refractivity contribution in [3.8, 4) is 22.9 Å². The topological polar surface area (TPSA) is 116 Å². The van der Waals surface area contributed by atoms with Crippen LogP contribution < -0.4 is 25.1 Å². The molecule has 5 aromatic rings. The molecule has 0 spiro atoms. The maximum atomic E-state index is 15.1. The molecule has 0 saturated carbocycles. The van der Waals surface area contributed by atoms with Crippen molar-refractivity contribution >= 4 is 27.9 Å². The molecule has 0 amide bonds. The third-order valence-electron chi connectivity index (χ3n) is 6.08. The first-order valence-electron chi connectivity index (χ1n) is 11.2. The Balaban J connectivity index is 1.41. The van der Waals surface area contributed by atoms with E-state index in [-0.39, 0.29) is 17.3 Å². The SMILES string of the molecule is COc1ccc(-n2c(=O)c3cn[nH]c3c3cnc(NCC4(C)COc5ccccc5O4)nc32)c(F)c1. The average molecular weight is 488 g/mol. The smallest absolute Gasteiger partial charge is 0.267 e. The maximum absolute atomic E-state index is 15.1. The van der Waals surface area contributed by atoms with E-state index < -0.39 is 17.0 Å². The van der Waals surface area contributed by atoms with Gasteiger partial charge in [0.1, 0.15) is 12.4 Å². The summed E-state index contributed by atoms with van der Waals surface area (Å²) >= 11 is 0. The van der Waals surface area contributed by atoms with Crippen molar-refractivity contribution in [1.82, 2.24) is 24.7 Å². The number of halogens is 1. The van der Waals surface area contributed by atoms with Crippen LogP contribution in [0.25, 0.3) is 27.6 Å². The molecule has 2 N–H and O–H groups in total. The van der Waals surface area contributed by atoms with Crippen molar-refractivity contribution in [2.45, 2.75) is 12.5 Å². The Morgan fingerprint density at radius 3 is 2.83 bits per heavy atom. The van der Waals surface area contributed by atoms with Crippen LogP contribution in [0.1, 0.15) is 6.92 Å². The monoisotopic (exact) mass is 488 g/mol. The minimum absolute atomic E-state index is 0.0335. The summed E-state index contributed by atoms with van der Waals surface area (Å²) in [6, 6.07) is 11.7. The second-order valence-corrected chi connectivity index (χ2v) is 8.69. The summed E-state index contributed by atoms with van der Waals surface area (Å²) < 4.78 is 33.4. The first-order chi connectivity index (χ1) is 17.5. The fourth-order valence-corrected chi connectivity index (χ4v) is 4.23. The summed E-state index contributed by atoms with van der Waals surface area (Å²) in [7, 11) is 1.44. The third-order valence-corrected chi connectivity index (χ3v) is 6.08. The molecule has 182 valence electrons. The molecule has 1 atom stereocenters. The molecule has 4 heterocycles. The molecule has 1 aliphatic heterocycles. The zero-order chi connectivity index (χ0) is 24.9. The van der Waals surface area contributed by atoms with Crippen molar-refractivity contribution in [3.63, 3.8) is 0 Å². The van der Waals surface area contributed by atoms with Gasteiger partial charge in [-0.15, -0.1) is 0 Å². The normalized spacial score (nSPS) is 16.9. The maximum Gasteiger partial charge on any atom is 0.267 e. The highest BCUT2D eigenvalue weighted by molar-refractivity contribution is 6.02. The molecule has 0 fully saturated rings. The highest BCUT2D eigenvalue weighted by Gasteiger charge is 2.33. The van der Waals surface area contributed by atoms with Crippen molar-refractivity contribution in [3.05, 3.63) is 71.0 Å². The largest absolute Gasteiger partial charge is 0.497 e. The van der Waals surface area contributed by atoms with Gasteiger partial charge in [-0.05, 0) is 31.2 Å². The highest BCUT2D eigenvalue weighted by Crippen LogP contribution is 2.35. The van der Waals surface area contributed by atoms with Gasteiger partial charge in [-0.2, -0.15) is 10.1 Å². The average Bonchev–Trinajstić information content (AvgIpc) is 3.39. The molecule has 2 aromatic carbocycles. The summed E-state index contributed by atoms with van der Waals surface area (Å²) in [4.78, 5) is 22.4. The highest BCUT2D eigenvalue weighted by atomic mass is 19.1. The molecule has 0 saturated heterocycles. The van der Waals surface area contributed by atoms with E-state index in [4.69, 9.17) is 14.2 Å². The predicted molar refractivity (Wildman–Crippen MR) is 131 cm³/mol. The van der Waals surface area contributed by atoms with Crippen LogP contribution in [-0.2, 0) is 0 Å². The number of para-hydroxylation sites is 2. The molecular formula is C25H21FN6O4. The van der Waals surface area contributed by atoms with Gasteiger partial charge in [0.2, 0.25) is 5.95 Å². The van der Waals surface area contributed by atoms with Gasteiger partial charge in [0.15, 0.2) is 28.6 Å². The van der Waals surface area contributed by atoms with Crippen LogP contribution in [-0.4, -0.2) is 50.6 Å². The van der Waals surface area contributed by atoms with Crippen LogP contribution in [0.3, 0.4) is 0 Å². The molecule has 0 radical (unpaired) electrons. The number of pyridine rings is 1. The summed E-state index contributed by atoms with van der Waals surface area (Å²) in [6.07, 6.45) is 2.97. The molecule has 3 aromatic heterocycles. The first kappa shape index (κ1) is 21.8. The van der Waals surface area contributed by atoms with Crippen LogP contribution in [0.5, 0.6) is 17.2 Å². The van der Waals surface area contributed by atoms with Gasteiger partial charge in [-0.1, -0.05) is 12.1 Å². The number of hydrogen-bond acceptors (Lipinski definition) is 8. The zero-order valence-electron chi connectivity index (χ0n) is 19.4. The van der Waals surface area contributed by atoms with E-state index >= 15 is 4.39 Å². The summed E-state index contributed by atoms with van der Waals surface area (Å²) in [6.45, 7) is 2.55. The minimum Gasteiger partial charge on any atom is -0.497 e. The van der Waals surface area contributed by atoms with Crippen molar-refractivity contribution in [2.75, 3.05) is 25.6 Å². The molecule has 1 aliphatic rings. The first-order valence-corrected chi connectivity index (χ1v) is 11.2. The number of nitrogens with zero attached hydrogens (tertiary/aromatic N) is 4. The van der Waals surface area contributed by atoms with E-state index in [1.54, 1.807) is 12.3 Å². The number of anilines is 1. The number of methoxy groups -OCH3 is 1. The number of rotatable bonds is 5. The van der Waals surface area contributed by atoms with Crippen LogP contribution in [0, 0.1) is 5.82 Å². The lowest BCUT2D eigenvalue weighted by Gasteiger charge is -2.35. The van der Waals surface area contributed by atoms with Crippen molar-refractivity contribution < 1.29 is 18.6 Å². The Morgan fingerprint density at radius 2 is 2.03 bits per heavy atom. The Kier molecular flexibility index (Phi) is 4.99. The van der Waals surface area contributed by atoms with Crippen molar-refractivity contribution in [1.29, 1.82) is 0 Å². The van der Waals surface area contributed by atoms with Gasteiger partial charge >= 0.3 is 0 Å². The van der Waals surface area contributed by atoms with Crippen LogP contribution in [0.15, 0.2) is 59.7 Å². The van der Waals surface area contributed by atoms with E-state index in [1.807, 2.05) is 31.2 Å². The van der Waals surface area contributed by atoms with E-state index in [9.17, 15) is 4.79 Å². The second kappa shape index (κ2) is 8.22. The Labute approximate surface area is 203 Å². The van der Waals surface area contributed by atoms with E-state index in [1.165, 1.54) is 30.0 Å². The standard InChI is InChI=1S/C25H21FN6O4/c1-25(13-35-19-5-3-4-6-20(19)36-25)12-28-24-27-10-15-21-16(11-29-31-21)23(33)32(22(15)30-24)18-8-7-14(34-2)9-17(18)26/h3-11H,12-13H2,1-2H3,(H,29,31)(H,27,28,30). The lowest BCUT2D eigenvalue weighted by atomic mass is 10.1. The molecular weight excluding hydrogens is 467 g/mol. The number of aromatic nitrogens is 5. The molecule has 6 rings (SSSR count). The van der Waals surface area contributed by atoms with E-state index in [0.29, 0.717) is 46.7 Å². The minimum atomic E-state index is -0.693. The van der Waals surface area contributed by atoms with Crippen LogP contribution >= 0.6 is 0 Å². The summed E-state index contributed by atoms with van der Waals surface area (Å²) in [5.74, 6) is 1.28. The lowest BCUT2D eigenvalue weighted by molar-refractivity contribution is 0.0165. The third kappa shape index (κ3) is 3.56. The zero-order valence-corrected chi connectivity index (χ0v) is 19.4. The molecule has 11 heteroatoms. The van der Waals surface area contributed by atoms with Crippen molar-refractivity contribution in [2.24, 2.45) is 0 Å². The fraction of sp³-hybridized carbons (Fsp3) is 0.200. The van der Waals surface area contributed by atoms with Crippen LogP contribution in [0.2, 0.25) is 0 Å². The number of fused-ring (bicyclic) bond motifs is 4. The number of ether oxygens (including phenoxy) is 3. The number of benzene rings is 2. The van der Waals surface area contributed by atoms with Gasteiger partial charge in [0.05, 0.1) is 41.8 Å². The lowest BCUT2D eigenvalue weighted by Crippen LogP contribution is -2.47. The van der Waals surface area contributed by atoms with Gasteiger partial charge in [0, 0.05) is 12.3 Å². The van der Waals surface area contributed by atoms with E-state index in [0.717, 1.165) is 0 Å². The van der Waals surface area contributed by atoms with Gasteiger partial charge < -0.3 is 19.5 Å². The van der Waals surface area contributed by atoms with Gasteiger partial charge in [-0.3, -0.25) is 14.5 Å². The number of aromatic amines is 1. The summed E-state index contributed by atoms with van der Waals surface area (Å²) in [5, 5.41) is 10.8. The Hall–Kier alpha value is -4.67. The van der Waals surface area contributed by atoms with Crippen LogP contribution in [0.4, 0.5) is 10.3 Å². The van der Waals surface area contributed by atoms with Gasteiger partial charge in [-0.25, -0.2) is 9.37 Å². The molecule has 1 unspecified atom stereocenters. The molecule has 0 aliphatic carbocycles. The van der Waals surface area contributed by atoms with Gasteiger partial charge in [0.25, 0.3) is 5.56 Å². The second-order valence-electron chi connectivity index (χ2n) is 8.69. The quantitative estimate of drug-likeness (QED) is 0.387. The van der Waals surface area contributed by atoms with E-state index in [2.05, 4.69) is 25.5 Å². The molecule has 10 nitrogen and oxygen atoms in total. The Morgan fingerprint density at radius 1 is 1.19 bits per heavy atom.